The molecule has 1 N–H and O–H groups in total. The van der Waals surface area contributed by atoms with Gasteiger partial charge < -0.3 is 4.84 Å². The fraction of sp³-hybridized carbons (Fsp3) is 0.417. The molecule has 0 aliphatic carbocycles. The number of rotatable bonds is 6. The van der Waals surface area contributed by atoms with Crippen molar-refractivity contribution in [2.24, 2.45) is 5.16 Å². The third-order valence-electron chi connectivity index (χ3n) is 2.44. The molecule has 0 aliphatic rings. The van der Waals surface area contributed by atoms with Crippen molar-refractivity contribution in [3.8, 4) is 0 Å². The Balaban J connectivity index is 2.81. The van der Waals surface area contributed by atoms with Gasteiger partial charge in [-0.15, -0.1) is 11.6 Å². The second-order valence-corrected chi connectivity index (χ2v) is 6.44. The topological polar surface area (TPSA) is 67.8 Å². The Morgan fingerprint density at radius 2 is 2.00 bits per heavy atom. The highest BCUT2D eigenvalue weighted by molar-refractivity contribution is 7.89. The highest BCUT2D eigenvalue weighted by Gasteiger charge is 2.16. The fourth-order valence-electron chi connectivity index (χ4n) is 1.33. The molecule has 0 heterocycles. The van der Waals surface area contributed by atoms with Crippen LogP contribution < -0.4 is 4.72 Å². The van der Waals surface area contributed by atoms with Gasteiger partial charge in [0, 0.05) is 0 Å². The molecule has 0 saturated carbocycles. The summed E-state index contributed by atoms with van der Waals surface area (Å²) in [4.78, 5) is 4.83. The number of hydrogen-bond donors (Lipinski definition) is 1. The highest BCUT2D eigenvalue weighted by Crippen LogP contribution is 2.10. The lowest BCUT2D eigenvalue weighted by Gasteiger charge is -2.10. The summed E-state index contributed by atoms with van der Waals surface area (Å²) in [5.74, 6) is 0. The molecule has 1 unspecified atom stereocenters. The predicted octanol–water partition coefficient (Wildman–Crippen LogP) is 1.90. The maximum Gasteiger partial charge on any atom is 0.240 e. The minimum Gasteiger partial charge on any atom is -0.399 e. The van der Waals surface area contributed by atoms with E-state index in [1.54, 1.807) is 31.2 Å². The molecule has 1 aromatic rings. The van der Waals surface area contributed by atoms with Gasteiger partial charge in [-0.25, -0.2) is 13.1 Å². The Morgan fingerprint density at radius 3 is 2.47 bits per heavy atom. The molecule has 1 atom stereocenters. The summed E-state index contributed by atoms with van der Waals surface area (Å²) in [7, 11) is -2.19. The molecule has 5 nitrogen and oxygen atoms in total. The summed E-state index contributed by atoms with van der Waals surface area (Å²) in [6.45, 7) is 3.59. The molecule has 0 fully saturated rings. The summed E-state index contributed by atoms with van der Waals surface area (Å²) in [6, 6.07) is 6.58. The fourth-order valence-corrected chi connectivity index (χ4v) is 2.45. The quantitative estimate of drug-likeness (QED) is 0.496. The average molecular weight is 305 g/mol. The van der Waals surface area contributed by atoms with Gasteiger partial charge >= 0.3 is 0 Å². The molecule has 106 valence electrons. The monoisotopic (exact) mass is 304 g/mol. The van der Waals surface area contributed by atoms with E-state index in [1.165, 1.54) is 7.11 Å². The van der Waals surface area contributed by atoms with Crippen LogP contribution in [0.3, 0.4) is 0 Å². The second-order valence-electron chi connectivity index (χ2n) is 4.02. The first-order valence-electron chi connectivity index (χ1n) is 5.67. The van der Waals surface area contributed by atoms with E-state index < -0.39 is 15.4 Å². The molecule has 0 bridgehead atoms. The van der Waals surface area contributed by atoms with Crippen molar-refractivity contribution in [2.45, 2.75) is 24.1 Å². The van der Waals surface area contributed by atoms with E-state index in [-0.39, 0.29) is 11.4 Å². The van der Waals surface area contributed by atoms with Crippen LogP contribution in [0.4, 0.5) is 0 Å². The van der Waals surface area contributed by atoms with Crippen LogP contribution in [0.2, 0.25) is 0 Å². The SMILES string of the molecule is CO/N=C(/CNS(=O)(=O)c1ccc(C)cc1)C(C)Cl. The molecule has 0 spiro atoms. The van der Waals surface area contributed by atoms with Gasteiger partial charge in [-0.3, -0.25) is 0 Å². The molecule has 0 aliphatic heterocycles. The van der Waals surface area contributed by atoms with Crippen LogP contribution in [0.25, 0.3) is 0 Å². The summed E-state index contributed by atoms with van der Waals surface area (Å²) >= 11 is 5.87. The van der Waals surface area contributed by atoms with Gasteiger partial charge in [0.15, 0.2) is 0 Å². The zero-order valence-corrected chi connectivity index (χ0v) is 12.6. The predicted molar refractivity (Wildman–Crippen MR) is 76.1 cm³/mol. The number of oxime groups is 1. The molecule has 0 amide bonds. The maximum absolute atomic E-state index is 12.0. The Bertz CT molecular complexity index is 539. The van der Waals surface area contributed by atoms with E-state index in [1.807, 2.05) is 6.92 Å². The van der Waals surface area contributed by atoms with E-state index in [4.69, 9.17) is 11.6 Å². The van der Waals surface area contributed by atoms with E-state index in [2.05, 4.69) is 14.7 Å². The average Bonchev–Trinajstić information content (AvgIpc) is 2.34. The Morgan fingerprint density at radius 1 is 1.42 bits per heavy atom. The number of hydrogen-bond acceptors (Lipinski definition) is 4. The van der Waals surface area contributed by atoms with Crippen LogP contribution in [0.15, 0.2) is 34.3 Å². The van der Waals surface area contributed by atoms with Crippen molar-refractivity contribution in [1.82, 2.24) is 4.72 Å². The lowest BCUT2D eigenvalue weighted by molar-refractivity contribution is 0.212. The van der Waals surface area contributed by atoms with E-state index in [0.29, 0.717) is 5.71 Å². The van der Waals surface area contributed by atoms with Crippen molar-refractivity contribution in [1.29, 1.82) is 0 Å². The van der Waals surface area contributed by atoms with Gasteiger partial charge in [-0.05, 0) is 26.0 Å². The van der Waals surface area contributed by atoms with Gasteiger partial charge in [-0.1, -0.05) is 22.9 Å². The Labute approximate surface area is 118 Å². The number of nitrogens with zero attached hydrogens (tertiary/aromatic N) is 1. The zero-order valence-electron chi connectivity index (χ0n) is 11.1. The summed E-state index contributed by atoms with van der Waals surface area (Å²) in [6.07, 6.45) is 0. The molecule has 0 saturated heterocycles. The van der Waals surface area contributed by atoms with Crippen molar-refractivity contribution >= 4 is 27.3 Å². The van der Waals surface area contributed by atoms with Crippen molar-refractivity contribution in [2.75, 3.05) is 13.7 Å². The van der Waals surface area contributed by atoms with Crippen LogP contribution in [-0.2, 0) is 14.9 Å². The third-order valence-corrected chi connectivity index (χ3v) is 4.11. The van der Waals surface area contributed by atoms with Gasteiger partial charge in [0.25, 0.3) is 0 Å². The van der Waals surface area contributed by atoms with Crippen LogP contribution in [0.1, 0.15) is 12.5 Å². The zero-order chi connectivity index (χ0) is 14.5. The van der Waals surface area contributed by atoms with E-state index >= 15 is 0 Å². The minimum atomic E-state index is -3.57. The molecule has 19 heavy (non-hydrogen) atoms. The first-order chi connectivity index (χ1) is 8.86. The van der Waals surface area contributed by atoms with Crippen LogP contribution in [0.5, 0.6) is 0 Å². The van der Waals surface area contributed by atoms with E-state index in [9.17, 15) is 8.42 Å². The van der Waals surface area contributed by atoms with Crippen molar-refractivity contribution in [3.05, 3.63) is 29.8 Å². The number of halogens is 1. The number of sulfonamides is 1. The number of alkyl halides is 1. The number of benzene rings is 1. The number of aryl methyl sites for hydroxylation is 1. The minimum absolute atomic E-state index is 0.00865. The van der Waals surface area contributed by atoms with Gasteiger partial charge in [-0.2, -0.15) is 0 Å². The normalized spacial score (nSPS) is 14.2. The first kappa shape index (κ1) is 15.9. The van der Waals surface area contributed by atoms with Crippen LogP contribution >= 0.6 is 11.6 Å². The molecular weight excluding hydrogens is 288 g/mol. The summed E-state index contributed by atoms with van der Waals surface area (Å²) < 4.78 is 26.5. The lowest BCUT2D eigenvalue weighted by atomic mass is 10.2. The maximum atomic E-state index is 12.0. The Kier molecular flexibility index (Phi) is 5.78. The van der Waals surface area contributed by atoms with Crippen molar-refractivity contribution in [3.63, 3.8) is 0 Å². The van der Waals surface area contributed by atoms with E-state index in [0.717, 1.165) is 5.56 Å². The van der Waals surface area contributed by atoms with Crippen molar-refractivity contribution < 1.29 is 13.3 Å². The first-order valence-corrected chi connectivity index (χ1v) is 7.59. The lowest BCUT2D eigenvalue weighted by Crippen LogP contribution is -2.32. The molecule has 7 heteroatoms. The van der Waals surface area contributed by atoms with Gasteiger partial charge in [0.2, 0.25) is 10.0 Å². The Hall–Kier alpha value is -1.11. The largest absolute Gasteiger partial charge is 0.399 e. The molecular formula is C12H17ClN2O3S. The van der Waals surface area contributed by atoms with Gasteiger partial charge in [0.05, 0.1) is 22.5 Å². The molecule has 0 radical (unpaired) electrons. The third kappa shape index (κ3) is 4.81. The standard InChI is InChI=1S/C12H17ClN2O3S/c1-9-4-6-11(7-5-9)19(16,17)14-8-12(10(2)13)15-18-3/h4-7,10,14H,8H2,1-3H3/b15-12-. The second kappa shape index (κ2) is 6.88. The summed E-state index contributed by atoms with van der Waals surface area (Å²) in [5, 5.41) is 3.28. The number of nitrogens with one attached hydrogen (secondary N) is 1. The van der Waals surface area contributed by atoms with Crippen LogP contribution in [0, 0.1) is 6.92 Å². The highest BCUT2D eigenvalue weighted by atomic mass is 35.5. The van der Waals surface area contributed by atoms with Crippen LogP contribution in [-0.4, -0.2) is 33.2 Å². The molecule has 1 aromatic carbocycles. The summed E-state index contributed by atoms with van der Waals surface area (Å²) in [5.41, 5.74) is 1.41. The molecule has 1 rings (SSSR count). The van der Waals surface area contributed by atoms with Gasteiger partial charge in [0.1, 0.15) is 7.11 Å². The molecule has 0 aromatic heterocycles. The smallest absolute Gasteiger partial charge is 0.240 e.